The normalized spacial score (nSPS) is 19.5. The van der Waals surface area contributed by atoms with Gasteiger partial charge < -0.3 is 10.0 Å². The van der Waals surface area contributed by atoms with E-state index in [0.29, 0.717) is 41.6 Å². The highest BCUT2D eigenvalue weighted by molar-refractivity contribution is 6.01. The molecule has 0 unspecified atom stereocenters. The van der Waals surface area contributed by atoms with Gasteiger partial charge in [0, 0.05) is 43.1 Å². The first kappa shape index (κ1) is 25.3. The smallest absolute Gasteiger partial charge is 0.395 e. The Morgan fingerprint density at radius 1 is 1.11 bits per heavy atom. The molecule has 1 atom stereocenters. The van der Waals surface area contributed by atoms with Gasteiger partial charge in [-0.2, -0.15) is 18.3 Å². The molecule has 0 spiro atoms. The Kier molecular flexibility index (Phi) is 7.00. The molecule has 5 rings (SSSR count). The second-order valence-electron chi connectivity index (χ2n) is 9.64. The van der Waals surface area contributed by atoms with Crippen molar-refractivity contribution in [2.45, 2.75) is 50.9 Å². The minimum atomic E-state index is -4.50. The summed E-state index contributed by atoms with van der Waals surface area (Å²) in [6, 6.07) is 5.40. The molecule has 0 saturated carbocycles. The second kappa shape index (κ2) is 10.2. The summed E-state index contributed by atoms with van der Waals surface area (Å²) in [5.41, 5.74) is 1.06. The van der Waals surface area contributed by atoms with E-state index in [9.17, 15) is 23.1 Å². The van der Waals surface area contributed by atoms with Crippen molar-refractivity contribution in [1.82, 2.24) is 29.5 Å². The number of hydrogen-bond donors (Lipinski definition) is 1. The number of likely N-dealkylation sites (tertiary alicyclic amines) is 2. The third-order valence-corrected chi connectivity index (χ3v) is 7.44. The Labute approximate surface area is 212 Å². The summed E-state index contributed by atoms with van der Waals surface area (Å²) in [7, 11) is 0. The number of amides is 1. The molecule has 1 amide bonds. The van der Waals surface area contributed by atoms with Gasteiger partial charge in [0.05, 0.1) is 29.1 Å². The predicted molar refractivity (Wildman–Crippen MR) is 130 cm³/mol. The molecule has 0 aliphatic carbocycles. The largest absolute Gasteiger partial charge is 0.416 e. The van der Waals surface area contributed by atoms with E-state index in [2.05, 4.69) is 20.0 Å². The number of benzene rings is 1. The van der Waals surface area contributed by atoms with Crippen molar-refractivity contribution >= 4 is 5.91 Å². The molecule has 2 aliphatic rings. The van der Waals surface area contributed by atoms with Crippen LogP contribution in [0.25, 0.3) is 16.9 Å². The van der Waals surface area contributed by atoms with Gasteiger partial charge in [-0.1, -0.05) is 6.07 Å². The van der Waals surface area contributed by atoms with Crippen molar-refractivity contribution in [3.8, 4) is 16.9 Å². The Balaban J connectivity index is 1.46. The molecule has 196 valence electrons. The summed E-state index contributed by atoms with van der Waals surface area (Å²) in [5, 5.41) is 14.3. The maximum Gasteiger partial charge on any atom is 0.416 e. The summed E-state index contributed by atoms with van der Waals surface area (Å²) in [4.78, 5) is 26.1. The van der Waals surface area contributed by atoms with Gasteiger partial charge in [-0.05, 0) is 57.4 Å². The lowest BCUT2D eigenvalue weighted by molar-refractivity contribution is -0.137. The standard InChI is InChI=1S/C26H29F3N6O2/c1-17-23(25(37)33-10-7-20(8-11-33)34-9-3-6-22(34)15-36)24(18-13-30-16-31-14-18)32-35(17)21-5-2-4-19(12-21)26(27,28)29/h2,4-5,12-14,16,20,22,36H,3,6-11,15H2,1H3/t22-/m0/s1. The number of aromatic nitrogens is 4. The third-order valence-electron chi connectivity index (χ3n) is 7.44. The highest BCUT2D eigenvalue weighted by atomic mass is 19.4. The van der Waals surface area contributed by atoms with E-state index >= 15 is 0 Å². The minimum absolute atomic E-state index is 0.148. The summed E-state index contributed by atoms with van der Waals surface area (Å²) >= 11 is 0. The van der Waals surface area contributed by atoms with E-state index < -0.39 is 11.7 Å². The number of nitrogens with zero attached hydrogens (tertiary/aromatic N) is 6. The van der Waals surface area contributed by atoms with Crippen molar-refractivity contribution in [3.63, 3.8) is 0 Å². The number of hydrogen-bond acceptors (Lipinski definition) is 6. The zero-order valence-electron chi connectivity index (χ0n) is 20.5. The molecule has 1 N–H and O–H groups in total. The average molecular weight is 515 g/mol. The van der Waals surface area contributed by atoms with Gasteiger partial charge in [0.2, 0.25) is 0 Å². The van der Waals surface area contributed by atoms with Gasteiger partial charge in [-0.15, -0.1) is 0 Å². The van der Waals surface area contributed by atoms with E-state index in [1.807, 2.05) is 0 Å². The van der Waals surface area contributed by atoms with Gasteiger partial charge in [-0.3, -0.25) is 9.69 Å². The topological polar surface area (TPSA) is 87.4 Å². The fourth-order valence-corrected chi connectivity index (χ4v) is 5.54. The van der Waals surface area contributed by atoms with Crippen LogP contribution in [0.2, 0.25) is 0 Å². The summed E-state index contributed by atoms with van der Waals surface area (Å²) < 4.78 is 41.5. The Morgan fingerprint density at radius 2 is 1.84 bits per heavy atom. The third kappa shape index (κ3) is 4.97. The van der Waals surface area contributed by atoms with Crippen LogP contribution in [0.4, 0.5) is 13.2 Å². The first-order chi connectivity index (χ1) is 17.8. The molecule has 2 fully saturated rings. The number of aliphatic hydroxyl groups is 1. The molecule has 0 bridgehead atoms. The fraction of sp³-hybridized carbons (Fsp3) is 0.462. The van der Waals surface area contributed by atoms with E-state index in [1.54, 1.807) is 11.8 Å². The van der Waals surface area contributed by atoms with Crippen LogP contribution in [0.15, 0.2) is 43.0 Å². The van der Waals surface area contributed by atoms with Crippen LogP contribution >= 0.6 is 0 Å². The van der Waals surface area contributed by atoms with Crippen LogP contribution in [0.1, 0.15) is 47.3 Å². The fourth-order valence-electron chi connectivity index (χ4n) is 5.54. The van der Waals surface area contributed by atoms with Crippen molar-refractivity contribution in [1.29, 1.82) is 0 Å². The summed E-state index contributed by atoms with van der Waals surface area (Å²) in [6.45, 7) is 3.91. The first-order valence-electron chi connectivity index (χ1n) is 12.5. The van der Waals surface area contributed by atoms with Crippen LogP contribution in [0.3, 0.4) is 0 Å². The SMILES string of the molecule is Cc1c(C(=O)N2CCC(N3CCC[C@H]3CO)CC2)c(-c2cncnc2)nn1-c1cccc(C(F)(F)F)c1. The molecule has 2 saturated heterocycles. The van der Waals surface area contributed by atoms with Crippen molar-refractivity contribution in [2.24, 2.45) is 0 Å². The van der Waals surface area contributed by atoms with Gasteiger partial charge in [0.15, 0.2) is 0 Å². The van der Waals surface area contributed by atoms with Gasteiger partial charge in [0.1, 0.15) is 12.0 Å². The molecule has 8 nitrogen and oxygen atoms in total. The number of piperidine rings is 1. The maximum absolute atomic E-state index is 13.8. The number of aliphatic hydroxyl groups excluding tert-OH is 1. The number of rotatable bonds is 5. The van der Waals surface area contributed by atoms with Crippen LogP contribution in [0.5, 0.6) is 0 Å². The zero-order chi connectivity index (χ0) is 26.2. The molecule has 2 aliphatic heterocycles. The van der Waals surface area contributed by atoms with Gasteiger partial charge in [0.25, 0.3) is 5.91 Å². The van der Waals surface area contributed by atoms with Crippen LogP contribution in [0, 0.1) is 6.92 Å². The van der Waals surface area contributed by atoms with E-state index in [-0.39, 0.29) is 24.2 Å². The van der Waals surface area contributed by atoms with Crippen LogP contribution < -0.4 is 0 Å². The highest BCUT2D eigenvalue weighted by Crippen LogP contribution is 2.33. The number of carbonyl (C=O) groups excluding carboxylic acids is 1. The second-order valence-corrected chi connectivity index (χ2v) is 9.64. The average Bonchev–Trinajstić information content (AvgIpc) is 3.53. The van der Waals surface area contributed by atoms with Gasteiger partial charge >= 0.3 is 6.18 Å². The molecular weight excluding hydrogens is 485 g/mol. The zero-order valence-corrected chi connectivity index (χ0v) is 20.5. The number of alkyl halides is 3. The van der Waals surface area contributed by atoms with Crippen molar-refractivity contribution in [3.05, 3.63) is 59.8 Å². The van der Waals surface area contributed by atoms with E-state index in [1.165, 1.54) is 35.5 Å². The van der Waals surface area contributed by atoms with Gasteiger partial charge in [-0.25, -0.2) is 14.6 Å². The molecule has 4 heterocycles. The lowest BCUT2D eigenvalue weighted by Crippen LogP contribution is -2.49. The first-order valence-corrected chi connectivity index (χ1v) is 12.5. The summed E-state index contributed by atoms with van der Waals surface area (Å²) in [6.07, 6.45) is 3.60. The monoisotopic (exact) mass is 514 g/mol. The highest BCUT2D eigenvalue weighted by Gasteiger charge is 2.35. The molecule has 3 aromatic rings. The quantitative estimate of drug-likeness (QED) is 0.559. The van der Waals surface area contributed by atoms with E-state index in [4.69, 9.17) is 0 Å². The summed E-state index contributed by atoms with van der Waals surface area (Å²) in [5.74, 6) is -0.215. The minimum Gasteiger partial charge on any atom is -0.395 e. The Bertz CT molecular complexity index is 1250. The van der Waals surface area contributed by atoms with E-state index in [0.717, 1.165) is 44.4 Å². The molecule has 0 radical (unpaired) electrons. The number of carbonyl (C=O) groups is 1. The van der Waals surface area contributed by atoms with Crippen molar-refractivity contribution in [2.75, 3.05) is 26.2 Å². The Hall–Kier alpha value is -3.31. The molecule has 1 aromatic carbocycles. The lowest BCUT2D eigenvalue weighted by Gasteiger charge is -2.39. The number of halogens is 3. The molecular formula is C26H29F3N6O2. The molecule has 2 aromatic heterocycles. The van der Waals surface area contributed by atoms with Crippen molar-refractivity contribution < 1.29 is 23.1 Å². The Morgan fingerprint density at radius 3 is 2.51 bits per heavy atom. The maximum atomic E-state index is 13.8. The molecule has 37 heavy (non-hydrogen) atoms. The van der Waals surface area contributed by atoms with Crippen LogP contribution in [-0.2, 0) is 6.18 Å². The predicted octanol–water partition coefficient (Wildman–Crippen LogP) is 3.72. The molecule has 11 heteroatoms. The van der Waals surface area contributed by atoms with Crippen LogP contribution in [-0.4, -0.2) is 78.9 Å². The lowest BCUT2D eigenvalue weighted by atomic mass is 10.00.